The molecule has 1 amide bonds. The molecule has 1 saturated carbocycles. The van der Waals surface area contributed by atoms with Crippen LogP contribution in [-0.2, 0) is 4.79 Å². The molecular formula is C12H21NO2S. The van der Waals surface area contributed by atoms with E-state index < -0.39 is 0 Å². The van der Waals surface area contributed by atoms with Gasteiger partial charge in [0.1, 0.15) is 0 Å². The van der Waals surface area contributed by atoms with Gasteiger partial charge in [-0.3, -0.25) is 4.79 Å². The molecule has 4 heteroatoms. The number of aliphatic hydroxyl groups excluding tert-OH is 1. The van der Waals surface area contributed by atoms with Crippen LogP contribution in [0.5, 0.6) is 0 Å². The van der Waals surface area contributed by atoms with E-state index in [4.69, 9.17) is 0 Å². The number of carbonyl (C=O) groups is 1. The quantitative estimate of drug-likeness (QED) is 0.790. The molecule has 1 saturated heterocycles. The fourth-order valence-corrected chi connectivity index (χ4v) is 3.85. The fraction of sp³-hybridized carbons (Fsp3) is 0.917. The Balaban J connectivity index is 1.75. The molecule has 2 rings (SSSR count). The Kier molecular flexibility index (Phi) is 3.80. The fourth-order valence-electron chi connectivity index (χ4n) is 2.62. The Morgan fingerprint density at radius 1 is 1.56 bits per heavy atom. The van der Waals surface area contributed by atoms with E-state index in [-0.39, 0.29) is 16.8 Å². The monoisotopic (exact) mass is 243 g/mol. The van der Waals surface area contributed by atoms with E-state index in [0.29, 0.717) is 5.92 Å². The highest BCUT2D eigenvalue weighted by Gasteiger charge is 2.37. The van der Waals surface area contributed by atoms with Crippen molar-refractivity contribution in [1.82, 2.24) is 5.32 Å². The van der Waals surface area contributed by atoms with Gasteiger partial charge in [-0.2, -0.15) is 0 Å². The van der Waals surface area contributed by atoms with Crippen molar-refractivity contribution in [3.05, 3.63) is 0 Å². The minimum absolute atomic E-state index is 0.140. The van der Waals surface area contributed by atoms with Crippen molar-refractivity contribution in [2.24, 2.45) is 5.92 Å². The van der Waals surface area contributed by atoms with Crippen molar-refractivity contribution in [1.29, 1.82) is 0 Å². The SMILES string of the molecule is CC1(C(=O)NCC2CCC(O)C2)CCCS1. The molecule has 3 atom stereocenters. The van der Waals surface area contributed by atoms with Crippen LogP contribution in [-0.4, -0.2) is 34.2 Å². The molecule has 3 unspecified atom stereocenters. The van der Waals surface area contributed by atoms with Crippen molar-refractivity contribution in [2.45, 2.75) is 49.9 Å². The highest BCUT2D eigenvalue weighted by Crippen LogP contribution is 2.37. The summed E-state index contributed by atoms with van der Waals surface area (Å²) in [6.07, 6.45) is 4.80. The van der Waals surface area contributed by atoms with E-state index in [1.807, 2.05) is 6.92 Å². The maximum absolute atomic E-state index is 12.0. The minimum atomic E-state index is -0.197. The Hall–Kier alpha value is -0.220. The minimum Gasteiger partial charge on any atom is -0.393 e. The van der Waals surface area contributed by atoms with Crippen LogP contribution in [0.2, 0.25) is 0 Å². The second-order valence-electron chi connectivity index (χ2n) is 5.23. The number of nitrogens with one attached hydrogen (secondary N) is 1. The summed E-state index contributed by atoms with van der Waals surface area (Å²) in [5, 5.41) is 12.5. The molecule has 1 heterocycles. The molecule has 1 aliphatic carbocycles. The largest absolute Gasteiger partial charge is 0.393 e. The van der Waals surface area contributed by atoms with Crippen LogP contribution in [0.15, 0.2) is 0 Å². The first-order valence-corrected chi connectivity index (χ1v) is 7.19. The van der Waals surface area contributed by atoms with Gasteiger partial charge in [0.2, 0.25) is 5.91 Å². The third kappa shape index (κ3) is 2.72. The highest BCUT2D eigenvalue weighted by atomic mass is 32.2. The lowest BCUT2D eigenvalue weighted by molar-refractivity contribution is -0.123. The van der Waals surface area contributed by atoms with E-state index in [0.717, 1.165) is 44.4 Å². The normalized spacial score (nSPS) is 38.9. The van der Waals surface area contributed by atoms with Gasteiger partial charge in [-0.05, 0) is 50.7 Å². The lowest BCUT2D eigenvalue weighted by Gasteiger charge is -2.22. The summed E-state index contributed by atoms with van der Waals surface area (Å²) >= 11 is 1.77. The topological polar surface area (TPSA) is 49.3 Å². The number of rotatable bonds is 3. The van der Waals surface area contributed by atoms with Crippen LogP contribution in [0, 0.1) is 5.92 Å². The van der Waals surface area contributed by atoms with Crippen molar-refractivity contribution < 1.29 is 9.90 Å². The van der Waals surface area contributed by atoms with Gasteiger partial charge < -0.3 is 10.4 Å². The molecule has 0 radical (unpaired) electrons. The van der Waals surface area contributed by atoms with E-state index in [9.17, 15) is 9.90 Å². The first kappa shape index (κ1) is 12.2. The number of thioether (sulfide) groups is 1. The van der Waals surface area contributed by atoms with Crippen molar-refractivity contribution >= 4 is 17.7 Å². The Labute approximate surface area is 101 Å². The number of hydrogen-bond acceptors (Lipinski definition) is 3. The van der Waals surface area contributed by atoms with E-state index in [1.54, 1.807) is 11.8 Å². The number of amides is 1. The first-order valence-electron chi connectivity index (χ1n) is 6.20. The van der Waals surface area contributed by atoms with Gasteiger partial charge in [-0.25, -0.2) is 0 Å². The molecule has 0 aromatic carbocycles. The second-order valence-corrected chi connectivity index (χ2v) is 6.82. The molecule has 0 aromatic heterocycles. The molecule has 16 heavy (non-hydrogen) atoms. The summed E-state index contributed by atoms with van der Waals surface area (Å²) in [6.45, 7) is 2.79. The molecule has 2 aliphatic rings. The van der Waals surface area contributed by atoms with E-state index in [1.165, 1.54) is 0 Å². The van der Waals surface area contributed by atoms with Gasteiger partial charge in [0.25, 0.3) is 0 Å². The predicted molar refractivity (Wildman–Crippen MR) is 66.5 cm³/mol. The van der Waals surface area contributed by atoms with E-state index >= 15 is 0 Å². The van der Waals surface area contributed by atoms with Crippen LogP contribution < -0.4 is 5.32 Å². The summed E-state index contributed by atoms with van der Waals surface area (Å²) in [6, 6.07) is 0. The molecule has 0 spiro atoms. The number of aliphatic hydroxyl groups is 1. The maximum atomic E-state index is 12.0. The maximum Gasteiger partial charge on any atom is 0.235 e. The summed E-state index contributed by atoms with van der Waals surface area (Å²) in [5.74, 6) is 1.77. The molecular weight excluding hydrogens is 222 g/mol. The van der Waals surface area contributed by atoms with Crippen molar-refractivity contribution in [2.75, 3.05) is 12.3 Å². The van der Waals surface area contributed by atoms with Crippen LogP contribution in [0.25, 0.3) is 0 Å². The van der Waals surface area contributed by atoms with Crippen molar-refractivity contribution in [3.8, 4) is 0 Å². The molecule has 2 fully saturated rings. The van der Waals surface area contributed by atoms with Gasteiger partial charge >= 0.3 is 0 Å². The molecule has 3 nitrogen and oxygen atoms in total. The third-order valence-corrected chi connectivity index (χ3v) is 5.28. The second kappa shape index (κ2) is 4.96. The highest BCUT2D eigenvalue weighted by molar-refractivity contribution is 8.01. The van der Waals surface area contributed by atoms with Crippen LogP contribution in [0.4, 0.5) is 0 Å². The van der Waals surface area contributed by atoms with Gasteiger partial charge in [0.05, 0.1) is 10.9 Å². The molecule has 1 aliphatic heterocycles. The number of hydrogen-bond donors (Lipinski definition) is 2. The van der Waals surface area contributed by atoms with E-state index in [2.05, 4.69) is 5.32 Å². The summed E-state index contributed by atoms with van der Waals surface area (Å²) in [7, 11) is 0. The summed E-state index contributed by atoms with van der Waals surface area (Å²) < 4.78 is -0.197. The summed E-state index contributed by atoms with van der Waals surface area (Å²) in [4.78, 5) is 12.0. The molecule has 0 aromatic rings. The van der Waals surface area contributed by atoms with Gasteiger partial charge in [-0.1, -0.05) is 0 Å². The lowest BCUT2D eigenvalue weighted by atomic mass is 10.0. The summed E-state index contributed by atoms with van der Waals surface area (Å²) in [5.41, 5.74) is 0. The van der Waals surface area contributed by atoms with Gasteiger partial charge in [0.15, 0.2) is 0 Å². The van der Waals surface area contributed by atoms with Crippen LogP contribution in [0.1, 0.15) is 39.0 Å². The Morgan fingerprint density at radius 2 is 2.38 bits per heavy atom. The van der Waals surface area contributed by atoms with Crippen LogP contribution >= 0.6 is 11.8 Å². The molecule has 2 N–H and O–H groups in total. The zero-order valence-electron chi connectivity index (χ0n) is 9.87. The predicted octanol–water partition coefficient (Wildman–Crippen LogP) is 1.55. The zero-order chi connectivity index (χ0) is 11.6. The smallest absolute Gasteiger partial charge is 0.235 e. The van der Waals surface area contributed by atoms with Crippen LogP contribution in [0.3, 0.4) is 0 Å². The average Bonchev–Trinajstić information content (AvgIpc) is 2.85. The number of carbonyl (C=O) groups excluding carboxylic acids is 1. The van der Waals surface area contributed by atoms with Gasteiger partial charge in [-0.15, -0.1) is 11.8 Å². The zero-order valence-corrected chi connectivity index (χ0v) is 10.7. The lowest BCUT2D eigenvalue weighted by Crippen LogP contribution is -2.42. The van der Waals surface area contributed by atoms with Crippen molar-refractivity contribution in [3.63, 3.8) is 0 Å². The standard InChI is InChI=1S/C12H21NO2S/c1-12(5-2-6-16-12)11(15)13-8-9-3-4-10(14)7-9/h9-10,14H,2-8H2,1H3,(H,13,15). The average molecular weight is 243 g/mol. The molecule has 0 bridgehead atoms. The third-order valence-electron chi connectivity index (χ3n) is 3.76. The Bertz CT molecular complexity index is 264. The Morgan fingerprint density at radius 3 is 2.94 bits per heavy atom. The molecule has 92 valence electrons. The van der Waals surface area contributed by atoms with Gasteiger partial charge in [0, 0.05) is 6.54 Å². The first-order chi connectivity index (χ1) is 7.60.